The minimum Gasteiger partial charge on any atom is -0.377 e. The van der Waals surface area contributed by atoms with Gasteiger partial charge in [-0.3, -0.25) is 4.90 Å². The molecule has 0 aromatic rings. The van der Waals surface area contributed by atoms with Gasteiger partial charge in [0.25, 0.3) is 0 Å². The average molecular weight is 247 g/mol. The number of nitrogens with zero attached hydrogens (tertiary/aromatic N) is 1. The first-order valence-electron chi connectivity index (χ1n) is 6.01. The molecule has 3 atom stereocenters. The van der Waals surface area contributed by atoms with E-state index in [9.17, 15) is 0 Å². The van der Waals surface area contributed by atoms with Gasteiger partial charge in [0.15, 0.2) is 0 Å². The average Bonchev–Trinajstić information content (AvgIpc) is 2.67. The quantitative estimate of drug-likeness (QED) is 0.720. The second-order valence-electron chi connectivity index (χ2n) is 4.95. The molecule has 0 amide bonds. The molecule has 4 heteroatoms. The molecular formula is C12H25NO2S. The summed E-state index contributed by atoms with van der Waals surface area (Å²) in [6.07, 6.45) is 0.440. The Kier molecular flexibility index (Phi) is 6.11. The van der Waals surface area contributed by atoms with Crippen LogP contribution in [0.2, 0.25) is 0 Å². The highest BCUT2D eigenvalue weighted by Gasteiger charge is 2.33. The van der Waals surface area contributed by atoms with Crippen LogP contribution in [-0.4, -0.2) is 56.7 Å². The van der Waals surface area contributed by atoms with Crippen molar-refractivity contribution in [2.45, 2.75) is 26.1 Å². The molecule has 1 fully saturated rings. The maximum atomic E-state index is 5.43. The molecule has 0 N–H and O–H groups in total. The maximum Gasteiger partial charge on any atom is 0.0971 e. The lowest BCUT2D eigenvalue weighted by Gasteiger charge is -2.25. The molecule has 3 unspecified atom stereocenters. The van der Waals surface area contributed by atoms with Crippen molar-refractivity contribution >= 4 is 12.6 Å². The summed E-state index contributed by atoms with van der Waals surface area (Å²) in [6.45, 7) is 7.58. The predicted octanol–water partition coefficient (Wildman–Crippen LogP) is 1.53. The fourth-order valence-electron chi connectivity index (χ4n) is 2.23. The smallest absolute Gasteiger partial charge is 0.0971 e. The second kappa shape index (κ2) is 6.84. The van der Waals surface area contributed by atoms with Crippen molar-refractivity contribution in [3.63, 3.8) is 0 Å². The minimum absolute atomic E-state index is 0.220. The first-order chi connectivity index (χ1) is 7.62. The van der Waals surface area contributed by atoms with Crippen LogP contribution in [0.5, 0.6) is 0 Å². The highest BCUT2D eigenvalue weighted by Crippen LogP contribution is 2.20. The summed E-state index contributed by atoms with van der Waals surface area (Å²) in [6, 6.07) is 0. The SMILES string of the molecule is COC1CN(CC(CS)C(C)C)CC1OC. The zero-order chi connectivity index (χ0) is 12.1. The lowest BCUT2D eigenvalue weighted by Crippen LogP contribution is -2.32. The number of methoxy groups -OCH3 is 2. The third-order valence-electron chi connectivity index (χ3n) is 3.57. The number of thiol groups is 1. The summed E-state index contributed by atoms with van der Waals surface area (Å²) in [5.74, 6) is 2.28. The standard InChI is InChI=1S/C12H25NO2S/c1-9(2)10(8-16)5-13-6-11(14-3)12(7-13)15-4/h9-12,16H,5-8H2,1-4H3. The number of hydrogen-bond acceptors (Lipinski definition) is 4. The van der Waals surface area contributed by atoms with Crippen molar-refractivity contribution in [2.24, 2.45) is 11.8 Å². The molecule has 0 bridgehead atoms. The molecule has 0 aromatic carbocycles. The van der Waals surface area contributed by atoms with Gasteiger partial charge in [0.05, 0.1) is 12.2 Å². The van der Waals surface area contributed by atoms with Crippen LogP contribution in [0.1, 0.15) is 13.8 Å². The van der Waals surface area contributed by atoms with Crippen LogP contribution >= 0.6 is 12.6 Å². The van der Waals surface area contributed by atoms with E-state index in [2.05, 4.69) is 31.4 Å². The van der Waals surface area contributed by atoms with Crippen LogP contribution in [0.25, 0.3) is 0 Å². The summed E-state index contributed by atoms with van der Waals surface area (Å²) in [5.41, 5.74) is 0. The van der Waals surface area contributed by atoms with Crippen molar-refractivity contribution in [2.75, 3.05) is 39.6 Å². The zero-order valence-electron chi connectivity index (χ0n) is 10.8. The van der Waals surface area contributed by atoms with E-state index in [1.807, 2.05) is 0 Å². The van der Waals surface area contributed by atoms with Crippen molar-refractivity contribution in [1.29, 1.82) is 0 Å². The second-order valence-corrected chi connectivity index (χ2v) is 5.32. The summed E-state index contributed by atoms with van der Waals surface area (Å²) in [5, 5.41) is 0. The molecular weight excluding hydrogens is 222 g/mol. The van der Waals surface area contributed by atoms with Gasteiger partial charge in [-0.1, -0.05) is 13.8 Å². The Morgan fingerprint density at radius 1 is 1.19 bits per heavy atom. The van der Waals surface area contributed by atoms with Gasteiger partial charge in [-0.25, -0.2) is 0 Å². The largest absolute Gasteiger partial charge is 0.377 e. The number of rotatable bonds is 6. The van der Waals surface area contributed by atoms with Crippen molar-refractivity contribution in [3.05, 3.63) is 0 Å². The van der Waals surface area contributed by atoms with E-state index in [0.717, 1.165) is 25.4 Å². The summed E-state index contributed by atoms with van der Waals surface area (Å²) < 4.78 is 10.9. The molecule has 1 aliphatic heterocycles. The molecule has 0 saturated carbocycles. The summed E-state index contributed by atoms with van der Waals surface area (Å²) in [4.78, 5) is 2.43. The molecule has 1 aliphatic rings. The van der Waals surface area contributed by atoms with Crippen molar-refractivity contribution < 1.29 is 9.47 Å². The topological polar surface area (TPSA) is 21.7 Å². The minimum atomic E-state index is 0.220. The van der Waals surface area contributed by atoms with E-state index < -0.39 is 0 Å². The van der Waals surface area contributed by atoms with Crippen LogP contribution < -0.4 is 0 Å². The molecule has 16 heavy (non-hydrogen) atoms. The van der Waals surface area contributed by atoms with Crippen molar-refractivity contribution in [3.8, 4) is 0 Å². The summed E-state index contributed by atoms with van der Waals surface area (Å²) >= 11 is 4.43. The van der Waals surface area contributed by atoms with Crippen molar-refractivity contribution in [1.82, 2.24) is 4.90 Å². The van der Waals surface area contributed by atoms with E-state index in [1.54, 1.807) is 14.2 Å². The fourth-order valence-corrected chi connectivity index (χ4v) is 2.77. The van der Waals surface area contributed by atoms with Gasteiger partial charge >= 0.3 is 0 Å². The molecule has 3 nitrogen and oxygen atoms in total. The normalized spacial score (nSPS) is 28.9. The number of likely N-dealkylation sites (tertiary alicyclic amines) is 1. The monoisotopic (exact) mass is 247 g/mol. The van der Waals surface area contributed by atoms with Gasteiger partial charge in [0.2, 0.25) is 0 Å². The molecule has 1 saturated heterocycles. The molecule has 0 aliphatic carbocycles. The fraction of sp³-hybridized carbons (Fsp3) is 1.00. The maximum absolute atomic E-state index is 5.43. The Balaban J connectivity index is 2.45. The van der Waals surface area contributed by atoms with E-state index in [4.69, 9.17) is 9.47 Å². The first kappa shape index (κ1) is 14.3. The lowest BCUT2D eigenvalue weighted by molar-refractivity contribution is -0.00461. The molecule has 0 radical (unpaired) electrons. The molecule has 96 valence electrons. The van der Waals surface area contributed by atoms with E-state index in [-0.39, 0.29) is 12.2 Å². The van der Waals surface area contributed by atoms with Crippen LogP contribution in [0.4, 0.5) is 0 Å². The number of hydrogen-bond donors (Lipinski definition) is 1. The molecule has 0 aromatic heterocycles. The number of ether oxygens (including phenoxy) is 2. The Labute approximate surface area is 105 Å². The Bertz CT molecular complexity index is 189. The van der Waals surface area contributed by atoms with Crippen LogP contribution in [-0.2, 0) is 9.47 Å². The van der Waals surface area contributed by atoms with E-state index >= 15 is 0 Å². The van der Waals surface area contributed by atoms with E-state index in [1.165, 1.54) is 0 Å². The Morgan fingerprint density at radius 2 is 1.69 bits per heavy atom. The van der Waals surface area contributed by atoms with Gasteiger partial charge in [0.1, 0.15) is 0 Å². The van der Waals surface area contributed by atoms with Crippen LogP contribution in [0.3, 0.4) is 0 Å². The van der Waals surface area contributed by atoms with Gasteiger partial charge < -0.3 is 9.47 Å². The van der Waals surface area contributed by atoms with Gasteiger partial charge in [-0.15, -0.1) is 0 Å². The zero-order valence-corrected chi connectivity index (χ0v) is 11.7. The molecule has 0 spiro atoms. The predicted molar refractivity (Wildman–Crippen MR) is 70.2 cm³/mol. The van der Waals surface area contributed by atoms with E-state index in [0.29, 0.717) is 11.8 Å². The lowest BCUT2D eigenvalue weighted by atomic mass is 9.97. The first-order valence-corrected chi connectivity index (χ1v) is 6.64. The van der Waals surface area contributed by atoms with Gasteiger partial charge in [-0.2, -0.15) is 12.6 Å². The van der Waals surface area contributed by atoms with Crippen LogP contribution in [0.15, 0.2) is 0 Å². The third kappa shape index (κ3) is 3.62. The Hall–Kier alpha value is 0.230. The summed E-state index contributed by atoms with van der Waals surface area (Å²) in [7, 11) is 3.53. The highest BCUT2D eigenvalue weighted by molar-refractivity contribution is 7.80. The third-order valence-corrected chi connectivity index (χ3v) is 4.04. The van der Waals surface area contributed by atoms with Crippen LogP contribution in [0, 0.1) is 11.8 Å². The molecule has 1 rings (SSSR count). The van der Waals surface area contributed by atoms with Gasteiger partial charge in [0, 0.05) is 33.9 Å². The Morgan fingerprint density at radius 3 is 2.00 bits per heavy atom. The molecule has 1 heterocycles. The highest BCUT2D eigenvalue weighted by atomic mass is 32.1. The van der Waals surface area contributed by atoms with Gasteiger partial charge in [-0.05, 0) is 17.6 Å².